The fourth-order valence-electron chi connectivity index (χ4n) is 1.85. The van der Waals surface area contributed by atoms with Crippen LogP contribution >= 0.6 is 0 Å². The molecule has 21 heavy (non-hydrogen) atoms. The molecule has 0 aliphatic carbocycles. The number of aromatic nitrogens is 1. The molecule has 2 N–H and O–H groups in total. The maximum absolute atomic E-state index is 12.6. The number of nitrogens with one attached hydrogen (secondary N) is 1. The van der Waals surface area contributed by atoms with E-state index in [1.54, 1.807) is 32.0 Å². The molecular formula is C13H17F3N4O. The van der Waals surface area contributed by atoms with Crippen molar-refractivity contribution in [1.82, 2.24) is 9.88 Å². The predicted octanol–water partition coefficient (Wildman–Crippen LogP) is 1.70. The molecule has 0 saturated heterocycles. The average molecular weight is 302 g/mol. The number of aliphatic hydroxyl groups is 1. The molecule has 0 radical (unpaired) electrons. The lowest BCUT2D eigenvalue weighted by atomic mass is 10.1. The number of nitriles is 1. The van der Waals surface area contributed by atoms with E-state index in [-0.39, 0.29) is 17.9 Å². The van der Waals surface area contributed by atoms with Gasteiger partial charge in [-0.2, -0.15) is 18.4 Å². The number of likely N-dealkylation sites (N-methyl/N-ethyl adjacent to an activating group) is 1. The number of rotatable bonds is 5. The van der Waals surface area contributed by atoms with E-state index < -0.39 is 17.5 Å². The minimum atomic E-state index is -4.59. The Balaban J connectivity index is 2.94. The molecule has 1 atom stereocenters. The van der Waals surface area contributed by atoms with Gasteiger partial charge in [-0.15, -0.1) is 0 Å². The summed E-state index contributed by atoms with van der Waals surface area (Å²) >= 11 is 0. The Morgan fingerprint density at radius 1 is 1.38 bits per heavy atom. The lowest BCUT2D eigenvalue weighted by molar-refractivity contribution is -0.141. The first-order chi connectivity index (χ1) is 9.55. The number of hydrogen-bond donors (Lipinski definition) is 2. The number of hydrogen-bond acceptors (Lipinski definition) is 5. The van der Waals surface area contributed by atoms with Crippen molar-refractivity contribution in [2.75, 3.05) is 32.5 Å². The largest absolute Gasteiger partial charge is 0.433 e. The highest BCUT2D eigenvalue weighted by Gasteiger charge is 2.33. The summed E-state index contributed by atoms with van der Waals surface area (Å²) in [6.45, 7) is 1.81. The van der Waals surface area contributed by atoms with Gasteiger partial charge in [-0.3, -0.25) is 0 Å². The van der Waals surface area contributed by atoms with Crippen molar-refractivity contribution in [3.63, 3.8) is 0 Å². The molecule has 0 spiro atoms. The maximum Gasteiger partial charge on any atom is 0.433 e. The smallest absolute Gasteiger partial charge is 0.387 e. The van der Waals surface area contributed by atoms with Gasteiger partial charge in [0.2, 0.25) is 0 Å². The van der Waals surface area contributed by atoms with Gasteiger partial charge >= 0.3 is 6.18 Å². The van der Waals surface area contributed by atoms with Gasteiger partial charge in [-0.05, 0) is 33.2 Å². The van der Waals surface area contributed by atoms with E-state index in [0.717, 1.165) is 12.1 Å². The first-order valence-corrected chi connectivity index (χ1v) is 6.14. The Bertz CT molecular complexity index is 535. The Hall–Kier alpha value is -1.85. The van der Waals surface area contributed by atoms with Gasteiger partial charge in [0.05, 0.1) is 11.2 Å². The second kappa shape index (κ2) is 6.28. The van der Waals surface area contributed by atoms with Crippen molar-refractivity contribution in [3.8, 4) is 6.07 Å². The van der Waals surface area contributed by atoms with E-state index in [1.165, 1.54) is 0 Å². The van der Waals surface area contributed by atoms with Crippen LogP contribution in [0.2, 0.25) is 0 Å². The van der Waals surface area contributed by atoms with Crippen LogP contribution in [0.5, 0.6) is 0 Å². The van der Waals surface area contributed by atoms with Gasteiger partial charge in [0.1, 0.15) is 17.6 Å². The van der Waals surface area contributed by atoms with Crippen LogP contribution in [0.3, 0.4) is 0 Å². The van der Waals surface area contributed by atoms with E-state index >= 15 is 0 Å². The quantitative estimate of drug-likeness (QED) is 0.866. The van der Waals surface area contributed by atoms with Crippen molar-refractivity contribution in [2.24, 2.45) is 0 Å². The van der Waals surface area contributed by atoms with Crippen LogP contribution in [0.15, 0.2) is 12.1 Å². The number of halogens is 3. The highest BCUT2D eigenvalue weighted by Crippen LogP contribution is 2.29. The zero-order valence-corrected chi connectivity index (χ0v) is 12.0. The van der Waals surface area contributed by atoms with Crippen LogP contribution in [0.1, 0.15) is 18.2 Å². The Morgan fingerprint density at radius 3 is 2.48 bits per heavy atom. The van der Waals surface area contributed by atoms with Crippen molar-refractivity contribution in [1.29, 1.82) is 5.26 Å². The molecule has 0 saturated carbocycles. The number of alkyl halides is 3. The lowest BCUT2D eigenvalue weighted by Crippen LogP contribution is -2.43. The third-order valence-corrected chi connectivity index (χ3v) is 2.60. The molecular weight excluding hydrogens is 285 g/mol. The molecule has 5 nitrogen and oxygen atoms in total. The van der Waals surface area contributed by atoms with E-state index in [2.05, 4.69) is 10.3 Å². The predicted molar refractivity (Wildman–Crippen MR) is 71.6 cm³/mol. The molecule has 0 aliphatic heterocycles. The van der Waals surface area contributed by atoms with Crippen LogP contribution in [-0.2, 0) is 6.18 Å². The van der Waals surface area contributed by atoms with E-state index in [9.17, 15) is 18.3 Å². The third-order valence-electron chi connectivity index (χ3n) is 2.60. The molecule has 116 valence electrons. The van der Waals surface area contributed by atoms with Gasteiger partial charge in [0, 0.05) is 13.1 Å². The average Bonchev–Trinajstić information content (AvgIpc) is 2.33. The second-order valence-electron chi connectivity index (χ2n) is 5.29. The van der Waals surface area contributed by atoms with Crippen LogP contribution < -0.4 is 5.32 Å². The Morgan fingerprint density at radius 2 is 2.00 bits per heavy atom. The molecule has 1 heterocycles. The number of pyridine rings is 1. The first kappa shape index (κ1) is 17.2. The van der Waals surface area contributed by atoms with Crippen LogP contribution in [0.4, 0.5) is 19.0 Å². The van der Waals surface area contributed by atoms with E-state index in [0.29, 0.717) is 6.54 Å². The summed E-state index contributed by atoms with van der Waals surface area (Å²) in [4.78, 5) is 5.16. The summed E-state index contributed by atoms with van der Waals surface area (Å²) < 4.78 is 37.9. The molecule has 0 aliphatic rings. The molecule has 8 heteroatoms. The normalized spacial score (nSPS) is 14.6. The summed E-state index contributed by atoms with van der Waals surface area (Å²) in [5, 5.41) is 21.6. The Kier molecular flexibility index (Phi) is 5.15. The zero-order valence-electron chi connectivity index (χ0n) is 12.0. The van der Waals surface area contributed by atoms with Gasteiger partial charge in [-0.25, -0.2) is 4.98 Å². The highest BCUT2D eigenvalue weighted by molar-refractivity contribution is 5.52. The second-order valence-corrected chi connectivity index (χ2v) is 5.29. The monoisotopic (exact) mass is 302 g/mol. The molecule has 0 aromatic carbocycles. The Labute approximate surface area is 121 Å². The minimum Gasteiger partial charge on any atom is -0.387 e. The van der Waals surface area contributed by atoms with Gasteiger partial charge in [0.25, 0.3) is 0 Å². The van der Waals surface area contributed by atoms with Gasteiger partial charge < -0.3 is 15.3 Å². The first-order valence-electron chi connectivity index (χ1n) is 6.14. The minimum absolute atomic E-state index is 0.0105. The van der Waals surface area contributed by atoms with E-state index in [4.69, 9.17) is 5.26 Å². The SMILES string of the molecule is CN(C)CC(C)(O)CNc1nc(C(F)(F)F)ccc1C#N. The standard InChI is InChI=1S/C13H17F3N4O/c1-12(21,8-20(2)3)7-18-11-9(6-17)4-5-10(19-11)13(14,15)16/h4-5,21H,7-8H2,1-3H3,(H,18,19). The van der Waals surface area contributed by atoms with Crippen molar-refractivity contribution >= 4 is 5.82 Å². The summed E-state index contributed by atoms with van der Waals surface area (Å²) in [7, 11) is 3.52. The maximum atomic E-state index is 12.6. The molecule has 1 aromatic rings. The van der Waals surface area contributed by atoms with Crippen molar-refractivity contribution in [2.45, 2.75) is 18.7 Å². The number of anilines is 1. The summed E-state index contributed by atoms with van der Waals surface area (Å²) in [6.07, 6.45) is -4.59. The molecule has 0 amide bonds. The third kappa shape index (κ3) is 5.21. The molecule has 0 bridgehead atoms. The molecule has 1 aromatic heterocycles. The summed E-state index contributed by atoms with van der Waals surface area (Å²) in [5.41, 5.74) is -2.27. The summed E-state index contributed by atoms with van der Waals surface area (Å²) in [5.74, 6) is -0.189. The zero-order chi connectivity index (χ0) is 16.3. The van der Waals surface area contributed by atoms with Gasteiger partial charge in [0.15, 0.2) is 0 Å². The van der Waals surface area contributed by atoms with Crippen LogP contribution in [-0.4, -0.2) is 47.8 Å². The van der Waals surface area contributed by atoms with Crippen molar-refractivity contribution < 1.29 is 18.3 Å². The fraction of sp³-hybridized carbons (Fsp3) is 0.538. The molecule has 1 rings (SSSR count). The number of nitrogens with zero attached hydrogens (tertiary/aromatic N) is 3. The highest BCUT2D eigenvalue weighted by atomic mass is 19.4. The van der Waals surface area contributed by atoms with Crippen LogP contribution in [0, 0.1) is 11.3 Å². The fourth-order valence-corrected chi connectivity index (χ4v) is 1.85. The van der Waals surface area contributed by atoms with Crippen LogP contribution in [0.25, 0.3) is 0 Å². The van der Waals surface area contributed by atoms with E-state index in [1.807, 2.05) is 0 Å². The lowest BCUT2D eigenvalue weighted by Gasteiger charge is -2.27. The molecule has 1 unspecified atom stereocenters. The topological polar surface area (TPSA) is 72.2 Å². The van der Waals surface area contributed by atoms with Crippen molar-refractivity contribution in [3.05, 3.63) is 23.4 Å². The van der Waals surface area contributed by atoms with Gasteiger partial charge in [-0.1, -0.05) is 0 Å². The molecule has 0 fully saturated rings. The summed E-state index contributed by atoms with van der Waals surface area (Å²) in [6, 6.07) is 3.57.